The fourth-order valence-corrected chi connectivity index (χ4v) is 2.77. The Labute approximate surface area is 122 Å². The third-order valence-corrected chi connectivity index (χ3v) is 4.19. The molecule has 0 aromatic carbocycles. The average molecular weight is 284 g/mol. The van der Waals surface area contributed by atoms with Crippen molar-refractivity contribution >= 4 is 11.9 Å². The van der Waals surface area contributed by atoms with Crippen molar-refractivity contribution in [1.29, 1.82) is 0 Å². The number of esters is 2. The second kappa shape index (κ2) is 8.28. The molecule has 4 nitrogen and oxygen atoms in total. The highest BCUT2D eigenvalue weighted by Gasteiger charge is 2.47. The van der Waals surface area contributed by atoms with Gasteiger partial charge in [-0.05, 0) is 45.4 Å². The minimum absolute atomic E-state index is 0.00974. The Morgan fingerprint density at radius 3 is 2.25 bits per heavy atom. The first-order valence-corrected chi connectivity index (χ1v) is 7.99. The lowest BCUT2D eigenvalue weighted by Gasteiger charge is -2.29. The maximum absolute atomic E-state index is 12.6. The Kier molecular flexibility index (Phi) is 7.03. The Morgan fingerprint density at radius 1 is 1.10 bits per heavy atom. The first kappa shape index (κ1) is 17.0. The largest absolute Gasteiger partial charge is 0.465 e. The van der Waals surface area contributed by atoms with Crippen molar-refractivity contribution < 1.29 is 19.1 Å². The van der Waals surface area contributed by atoms with Crippen molar-refractivity contribution in [2.24, 2.45) is 5.41 Å². The number of hydrogen-bond acceptors (Lipinski definition) is 4. The topological polar surface area (TPSA) is 52.6 Å². The fraction of sp³-hybridized carbons (Fsp3) is 0.875. The molecule has 0 bridgehead atoms. The summed E-state index contributed by atoms with van der Waals surface area (Å²) in [5.41, 5.74) is -1.10. The molecular weight excluding hydrogens is 256 g/mol. The first-order valence-electron chi connectivity index (χ1n) is 7.99. The lowest BCUT2D eigenvalue weighted by Crippen LogP contribution is -2.42. The molecule has 0 heterocycles. The minimum Gasteiger partial charge on any atom is -0.465 e. The molecule has 1 aliphatic rings. The molecule has 0 spiro atoms. The maximum Gasteiger partial charge on any atom is 0.323 e. The van der Waals surface area contributed by atoms with Gasteiger partial charge >= 0.3 is 11.9 Å². The van der Waals surface area contributed by atoms with Gasteiger partial charge in [0, 0.05) is 0 Å². The average Bonchev–Trinajstić information content (AvgIpc) is 2.93. The summed E-state index contributed by atoms with van der Waals surface area (Å²) in [4.78, 5) is 24.8. The molecular formula is C16H28O4. The summed E-state index contributed by atoms with van der Waals surface area (Å²) in [6.07, 6.45) is 6.76. The molecule has 1 aliphatic carbocycles. The molecule has 1 saturated carbocycles. The quantitative estimate of drug-likeness (QED) is 0.504. The summed E-state index contributed by atoms with van der Waals surface area (Å²) < 4.78 is 10.7. The summed E-state index contributed by atoms with van der Waals surface area (Å²) in [6, 6.07) is 0. The van der Waals surface area contributed by atoms with E-state index in [1.54, 1.807) is 6.92 Å². The summed E-state index contributed by atoms with van der Waals surface area (Å²) in [6.45, 7) is 5.97. The summed E-state index contributed by atoms with van der Waals surface area (Å²) in [5, 5.41) is 0. The normalized spacial score (nSPS) is 18.6. The Morgan fingerprint density at radius 2 is 1.75 bits per heavy atom. The number of carbonyl (C=O) groups is 2. The Balaban J connectivity index is 2.81. The monoisotopic (exact) mass is 284 g/mol. The molecule has 0 saturated heterocycles. The molecule has 116 valence electrons. The van der Waals surface area contributed by atoms with Gasteiger partial charge in [-0.1, -0.05) is 26.7 Å². The van der Waals surface area contributed by atoms with E-state index in [1.807, 2.05) is 13.8 Å². The van der Waals surface area contributed by atoms with Crippen molar-refractivity contribution in [3.63, 3.8) is 0 Å². The number of unbranched alkanes of at least 4 members (excludes halogenated alkanes) is 1. The Hall–Kier alpha value is -1.06. The highest BCUT2D eigenvalue weighted by molar-refractivity contribution is 6.00. The molecule has 1 fully saturated rings. The van der Waals surface area contributed by atoms with E-state index in [2.05, 4.69) is 0 Å². The molecule has 1 rings (SSSR count). The van der Waals surface area contributed by atoms with Crippen LogP contribution in [0, 0.1) is 5.41 Å². The van der Waals surface area contributed by atoms with E-state index in [0.717, 1.165) is 38.5 Å². The van der Waals surface area contributed by atoms with Crippen LogP contribution in [0.15, 0.2) is 0 Å². The van der Waals surface area contributed by atoms with E-state index in [9.17, 15) is 9.59 Å². The molecule has 0 N–H and O–H groups in total. The highest BCUT2D eigenvalue weighted by Crippen LogP contribution is 2.34. The summed E-state index contributed by atoms with van der Waals surface area (Å²) >= 11 is 0. The van der Waals surface area contributed by atoms with Crippen LogP contribution in [0.25, 0.3) is 0 Å². The van der Waals surface area contributed by atoms with Gasteiger partial charge in [0.15, 0.2) is 5.41 Å². The lowest BCUT2D eigenvalue weighted by molar-refractivity contribution is -0.176. The van der Waals surface area contributed by atoms with E-state index < -0.39 is 11.4 Å². The van der Waals surface area contributed by atoms with Gasteiger partial charge in [-0.15, -0.1) is 0 Å². The number of rotatable bonds is 8. The van der Waals surface area contributed by atoms with Crippen molar-refractivity contribution in [2.75, 3.05) is 6.61 Å². The molecule has 0 aromatic heterocycles. The van der Waals surface area contributed by atoms with E-state index in [4.69, 9.17) is 9.47 Å². The number of hydrogen-bond donors (Lipinski definition) is 0. The van der Waals surface area contributed by atoms with Gasteiger partial charge in [0.25, 0.3) is 0 Å². The zero-order chi connectivity index (χ0) is 15.0. The van der Waals surface area contributed by atoms with Crippen LogP contribution in [0.1, 0.15) is 72.1 Å². The van der Waals surface area contributed by atoms with E-state index >= 15 is 0 Å². The molecule has 0 aliphatic heterocycles. The second-order valence-corrected chi connectivity index (χ2v) is 5.57. The second-order valence-electron chi connectivity index (χ2n) is 5.57. The van der Waals surface area contributed by atoms with E-state index in [1.165, 1.54) is 0 Å². The Bertz CT molecular complexity index is 320. The molecule has 1 atom stereocenters. The van der Waals surface area contributed by atoms with Crippen molar-refractivity contribution in [3.05, 3.63) is 0 Å². The maximum atomic E-state index is 12.6. The van der Waals surface area contributed by atoms with E-state index in [0.29, 0.717) is 19.4 Å². The van der Waals surface area contributed by atoms with Gasteiger partial charge in [0.1, 0.15) is 6.10 Å². The number of ether oxygens (including phenoxy) is 2. The zero-order valence-electron chi connectivity index (χ0n) is 13.1. The van der Waals surface area contributed by atoms with Crippen LogP contribution in [0.2, 0.25) is 0 Å². The van der Waals surface area contributed by atoms with Crippen LogP contribution < -0.4 is 0 Å². The standard InChI is InChI=1S/C16H28O4/c1-4-7-12-16(5-2,14(17)19-6-3)15(18)20-13-10-8-9-11-13/h13H,4-12H2,1-3H3. The first-order chi connectivity index (χ1) is 9.60. The van der Waals surface area contributed by atoms with Gasteiger partial charge < -0.3 is 9.47 Å². The molecule has 0 radical (unpaired) electrons. The van der Waals surface area contributed by atoms with Crippen LogP contribution in [-0.2, 0) is 19.1 Å². The smallest absolute Gasteiger partial charge is 0.323 e. The molecule has 0 aromatic rings. The highest BCUT2D eigenvalue weighted by atomic mass is 16.6. The molecule has 0 amide bonds. The van der Waals surface area contributed by atoms with Crippen LogP contribution in [0.4, 0.5) is 0 Å². The molecule has 20 heavy (non-hydrogen) atoms. The van der Waals surface area contributed by atoms with Gasteiger partial charge in [0.2, 0.25) is 0 Å². The van der Waals surface area contributed by atoms with Crippen molar-refractivity contribution in [1.82, 2.24) is 0 Å². The van der Waals surface area contributed by atoms with Gasteiger partial charge in [-0.25, -0.2) is 0 Å². The van der Waals surface area contributed by atoms with Crippen LogP contribution in [0.3, 0.4) is 0 Å². The predicted molar refractivity (Wildman–Crippen MR) is 77.2 cm³/mol. The van der Waals surface area contributed by atoms with Gasteiger partial charge in [-0.2, -0.15) is 0 Å². The lowest BCUT2D eigenvalue weighted by atomic mass is 9.80. The van der Waals surface area contributed by atoms with Gasteiger partial charge in [-0.3, -0.25) is 9.59 Å². The third kappa shape index (κ3) is 3.97. The molecule has 4 heteroatoms. The van der Waals surface area contributed by atoms with Crippen molar-refractivity contribution in [3.8, 4) is 0 Å². The zero-order valence-corrected chi connectivity index (χ0v) is 13.1. The third-order valence-electron chi connectivity index (χ3n) is 4.19. The fourth-order valence-electron chi connectivity index (χ4n) is 2.77. The predicted octanol–water partition coefficient (Wildman–Crippen LogP) is 3.62. The van der Waals surface area contributed by atoms with Crippen LogP contribution in [-0.4, -0.2) is 24.6 Å². The van der Waals surface area contributed by atoms with Crippen LogP contribution >= 0.6 is 0 Å². The number of carbonyl (C=O) groups excluding carboxylic acids is 2. The SMILES string of the molecule is CCCCC(CC)(C(=O)OCC)C(=O)OC1CCCC1. The summed E-state index contributed by atoms with van der Waals surface area (Å²) in [5.74, 6) is -0.794. The summed E-state index contributed by atoms with van der Waals surface area (Å²) in [7, 11) is 0. The van der Waals surface area contributed by atoms with Gasteiger partial charge in [0.05, 0.1) is 6.61 Å². The van der Waals surface area contributed by atoms with Crippen LogP contribution in [0.5, 0.6) is 0 Å². The van der Waals surface area contributed by atoms with Crippen molar-refractivity contribution in [2.45, 2.75) is 78.2 Å². The molecule has 1 unspecified atom stereocenters. The minimum atomic E-state index is -1.10. The van der Waals surface area contributed by atoms with E-state index in [-0.39, 0.29) is 12.1 Å².